The quantitative estimate of drug-likeness (QED) is 0.434. The lowest BCUT2D eigenvalue weighted by Gasteiger charge is -2.11. The Bertz CT molecular complexity index is 953. The lowest BCUT2D eigenvalue weighted by Crippen LogP contribution is -2.13. The minimum absolute atomic E-state index is 0.345. The van der Waals surface area contributed by atoms with Gasteiger partial charge in [0.25, 0.3) is 0 Å². The average Bonchev–Trinajstić information content (AvgIpc) is 3.14. The predicted octanol–water partition coefficient (Wildman–Crippen LogP) is 5.15. The Morgan fingerprint density at radius 1 is 1.22 bits per heavy atom. The number of aromatic nitrogens is 2. The van der Waals surface area contributed by atoms with Crippen molar-refractivity contribution < 1.29 is 18.8 Å². The Balaban J connectivity index is 0.000000389. The highest BCUT2D eigenvalue weighted by Crippen LogP contribution is 2.21. The fourth-order valence-corrected chi connectivity index (χ4v) is 2.65. The van der Waals surface area contributed by atoms with Crippen molar-refractivity contribution >= 4 is 5.91 Å². The number of nitrogens with zero attached hydrogens (tertiary/aromatic N) is 2. The van der Waals surface area contributed by atoms with E-state index in [0.717, 1.165) is 24.2 Å². The lowest BCUT2D eigenvalue weighted by atomic mass is 10.0. The molecule has 0 aliphatic carbocycles. The maximum absolute atomic E-state index is 12.8. The van der Waals surface area contributed by atoms with Gasteiger partial charge in [0.2, 0.25) is 11.8 Å². The van der Waals surface area contributed by atoms with Crippen LogP contribution < -0.4 is 5.73 Å². The maximum Gasteiger partial charge on any atom is 0.248 e. The summed E-state index contributed by atoms with van der Waals surface area (Å²) in [5, 5.41) is 13.9. The van der Waals surface area contributed by atoms with Crippen molar-refractivity contribution in [3.8, 4) is 0 Å². The highest BCUT2D eigenvalue weighted by atomic mass is 19.1. The second-order valence-corrected chi connectivity index (χ2v) is 8.16. The molecule has 0 bridgehead atoms. The van der Waals surface area contributed by atoms with Crippen LogP contribution in [0.5, 0.6) is 0 Å². The van der Waals surface area contributed by atoms with Gasteiger partial charge in [-0.15, -0.1) is 0 Å². The number of hydrogen-bond acceptors (Lipinski definition) is 5. The van der Waals surface area contributed by atoms with Crippen LogP contribution in [0.1, 0.15) is 64.4 Å². The van der Waals surface area contributed by atoms with E-state index in [0.29, 0.717) is 28.5 Å². The van der Waals surface area contributed by atoms with Crippen LogP contribution in [0.15, 0.2) is 63.7 Å². The zero-order valence-corrected chi connectivity index (χ0v) is 19.7. The van der Waals surface area contributed by atoms with Crippen molar-refractivity contribution in [2.75, 3.05) is 0 Å². The molecule has 2 rings (SSSR count). The van der Waals surface area contributed by atoms with Crippen LogP contribution in [0.4, 0.5) is 4.39 Å². The summed E-state index contributed by atoms with van der Waals surface area (Å²) in [5.41, 5.74) is 7.81. The summed E-state index contributed by atoms with van der Waals surface area (Å²) in [6.45, 7) is 11.5. The van der Waals surface area contributed by atoms with Crippen molar-refractivity contribution in [1.82, 2.24) is 10.1 Å². The highest BCUT2D eigenvalue weighted by Gasteiger charge is 2.09. The van der Waals surface area contributed by atoms with Crippen LogP contribution in [0.2, 0.25) is 0 Å². The molecule has 0 aliphatic heterocycles. The van der Waals surface area contributed by atoms with Gasteiger partial charge in [0, 0.05) is 18.9 Å². The monoisotopic (exact) mass is 443 g/mol. The first-order valence-corrected chi connectivity index (χ1v) is 10.6. The van der Waals surface area contributed by atoms with Gasteiger partial charge in [-0.25, -0.2) is 4.39 Å². The molecule has 2 aromatic rings. The Morgan fingerprint density at radius 2 is 1.84 bits per heavy atom. The molecule has 1 aromatic carbocycles. The van der Waals surface area contributed by atoms with Crippen molar-refractivity contribution in [2.45, 2.75) is 60.5 Å². The normalized spacial score (nSPS) is 12.5. The summed E-state index contributed by atoms with van der Waals surface area (Å²) in [6.07, 6.45) is 6.20. The maximum atomic E-state index is 12.8. The molecule has 1 aromatic heterocycles. The van der Waals surface area contributed by atoms with Crippen LogP contribution in [0.25, 0.3) is 0 Å². The molecule has 1 amide bonds. The van der Waals surface area contributed by atoms with Crippen LogP contribution in [0, 0.1) is 18.7 Å². The Labute approximate surface area is 189 Å². The van der Waals surface area contributed by atoms with E-state index in [2.05, 4.69) is 24.0 Å². The van der Waals surface area contributed by atoms with Crippen LogP contribution >= 0.6 is 0 Å². The Kier molecular flexibility index (Phi) is 11.3. The number of carbonyl (C=O) groups is 1. The van der Waals surface area contributed by atoms with Gasteiger partial charge < -0.3 is 15.4 Å². The van der Waals surface area contributed by atoms with E-state index in [9.17, 15) is 14.3 Å². The molecule has 1 unspecified atom stereocenters. The number of halogens is 1. The number of aryl methyl sites for hydroxylation is 2. The molecular weight excluding hydrogens is 409 g/mol. The van der Waals surface area contributed by atoms with Crippen molar-refractivity contribution in [2.24, 2.45) is 11.7 Å². The Hall–Kier alpha value is -3.06. The van der Waals surface area contributed by atoms with E-state index in [1.807, 2.05) is 6.92 Å². The second kappa shape index (κ2) is 13.4. The number of aliphatic hydroxyl groups is 1. The summed E-state index contributed by atoms with van der Waals surface area (Å²) in [5.74, 6) is 1.35. The third-order valence-electron chi connectivity index (χ3n) is 4.56. The molecular formula is C25H34FN3O3. The van der Waals surface area contributed by atoms with E-state index >= 15 is 0 Å². The first-order chi connectivity index (χ1) is 15.0. The largest absolute Gasteiger partial charge is 0.384 e. The SMILES string of the molecule is CC(C)=C(/C=C\C=C(/C)C(O)c1ccc(F)cc1)C(N)=O.Cc1nc(CCC(C)C)no1. The number of benzene rings is 1. The van der Waals surface area contributed by atoms with Gasteiger partial charge in [-0.2, -0.15) is 4.98 Å². The zero-order chi connectivity index (χ0) is 24.3. The van der Waals surface area contributed by atoms with Gasteiger partial charge in [0.15, 0.2) is 5.82 Å². The summed E-state index contributed by atoms with van der Waals surface area (Å²) < 4.78 is 17.7. The molecule has 0 saturated carbocycles. The molecule has 1 atom stereocenters. The van der Waals surface area contributed by atoms with Crippen molar-refractivity contribution in [3.63, 3.8) is 0 Å². The molecule has 0 spiro atoms. The molecule has 0 fully saturated rings. The van der Waals surface area contributed by atoms with Crippen LogP contribution in [0.3, 0.4) is 0 Å². The predicted molar refractivity (Wildman–Crippen MR) is 124 cm³/mol. The number of amides is 1. The third-order valence-corrected chi connectivity index (χ3v) is 4.56. The summed E-state index contributed by atoms with van der Waals surface area (Å²) in [7, 11) is 0. The summed E-state index contributed by atoms with van der Waals surface area (Å²) in [4.78, 5) is 15.3. The van der Waals surface area contributed by atoms with E-state index in [1.165, 1.54) is 24.3 Å². The first kappa shape index (κ1) is 27.0. The number of aliphatic hydroxyl groups excluding tert-OH is 1. The minimum atomic E-state index is -0.820. The van der Waals surface area contributed by atoms with Gasteiger partial charge in [0.05, 0.1) is 0 Å². The number of primary amides is 1. The van der Waals surface area contributed by atoms with E-state index < -0.39 is 12.0 Å². The van der Waals surface area contributed by atoms with Gasteiger partial charge in [-0.1, -0.05) is 48.9 Å². The van der Waals surface area contributed by atoms with Gasteiger partial charge in [0.1, 0.15) is 11.9 Å². The average molecular weight is 444 g/mol. The summed E-state index contributed by atoms with van der Waals surface area (Å²) in [6, 6.07) is 5.67. The topological polar surface area (TPSA) is 102 Å². The number of hydrogen-bond donors (Lipinski definition) is 2. The number of carbonyl (C=O) groups excluding carboxylic acids is 1. The van der Waals surface area contributed by atoms with Crippen molar-refractivity contribution in [1.29, 1.82) is 0 Å². The molecule has 7 heteroatoms. The second-order valence-electron chi connectivity index (χ2n) is 8.16. The van der Waals surface area contributed by atoms with Gasteiger partial charge >= 0.3 is 0 Å². The van der Waals surface area contributed by atoms with Crippen LogP contribution in [-0.2, 0) is 11.2 Å². The molecule has 0 aliphatic rings. The molecule has 6 nitrogen and oxygen atoms in total. The lowest BCUT2D eigenvalue weighted by molar-refractivity contribution is -0.114. The molecule has 174 valence electrons. The number of nitrogens with two attached hydrogens (primary N) is 1. The molecule has 1 heterocycles. The first-order valence-electron chi connectivity index (χ1n) is 10.6. The molecule has 0 saturated heterocycles. The van der Waals surface area contributed by atoms with Crippen molar-refractivity contribution in [3.05, 3.63) is 82.3 Å². The standard InChI is InChI=1S/C17H20FNO2.C8H14N2O/c1-11(2)15(17(19)21)6-4-5-12(3)16(20)13-7-9-14(18)10-8-13;1-6(2)4-5-8-9-7(3)11-10-8/h4-10,16,20H,1-3H3,(H2,19,21);6H,4-5H2,1-3H3/b6-4-,12-5+;. The zero-order valence-electron chi connectivity index (χ0n) is 19.7. The van der Waals surface area contributed by atoms with Gasteiger partial charge in [-0.3, -0.25) is 4.79 Å². The Morgan fingerprint density at radius 3 is 2.31 bits per heavy atom. The molecule has 0 radical (unpaired) electrons. The molecule has 32 heavy (non-hydrogen) atoms. The fraction of sp³-hybridized carbons (Fsp3) is 0.400. The van der Waals surface area contributed by atoms with Gasteiger partial charge in [-0.05, 0) is 62.5 Å². The summed E-state index contributed by atoms with van der Waals surface area (Å²) >= 11 is 0. The van der Waals surface area contributed by atoms with E-state index in [-0.39, 0.29) is 5.82 Å². The minimum Gasteiger partial charge on any atom is -0.384 e. The van der Waals surface area contributed by atoms with E-state index in [1.54, 1.807) is 39.0 Å². The number of rotatable bonds is 8. The third kappa shape index (κ3) is 9.83. The smallest absolute Gasteiger partial charge is 0.248 e. The number of allylic oxidation sites excluding steroid dienone is 3. The molecule has 3 N–H and O–H groups in total. The highest BCUT2D eigenvalue weighted by molar-refractivity contribution is 5.95. The van der Waals surface area contributed by atoms with E-state index in [4.69, 9.17) is 10.3 Å². The fourth-order valence-electron chi connectivity index (χ4n) is 2.65. The van der Waals surface area contributed by atoms with Crippen LogP contribution in [-0.4, -0.2) is 21.2 Å².